The van der Waals surface area contributed by atoms with E-state index in [0.717, 1.165) is 28.5 Å². The van der Waals surface area contributed by atoms with Crippen LogP contribution in [0.4, 0.5) is 13.9 Å². The van der Waals surface area contributed by atoms with E-state index in [1.54, 1.807) is 13.0 Å². The van der Waals surface area contributed by atoms with Crippen molar-refractivity contribution in [3.63, 3.8) is 0 Å². The van der Waals surface area contributed by atoms with Crippen LogP contribution in [0, 0.1) is 12.8 Å². The van der Waals surface area contributed by atoms with E-state index < -0.39 is 29.4 Å². The van der Waals surface area contributed by atoms with Crippen molar-refractivity contribution in [2.24, 2.45) is 11.7 Å². The molecule has 4 aromatic rings. The highest BCUT2D eigenvalue weighted by Crippen LogP contribution is 2.50. The number of nitrogens with zero attached hydrogens (tertiary/aromatic N) is 2. The van der Waals surface area contributed by atoms with Crippen LogP contribution in [0.2, 0.25) is 0 Å². The standard InChI is InChI=1S/C30H29F2N5O5S/c1-14-3-5-15(6-4-14)22-24-18(29(2,13-41-24)26(33)39)11-21(36-22)30(40,17-7-8-17)12-35-25(38)16-9-19(42-27(31)32)23-20(10-16)43-28(34)37-23/h3-6,9-11,17,27,40H,7-8,12-13H2,1-2H3,(H2,33,39)(H2,34,37)(H,35,38)/t29-,30+/m0/s1. The summed E-state index contributed by atoms with van der Waals surface area (Å²) in [6.07, 6.45) is 1.38. The summed E-state index contributed by atoms with van der Waals surface area (Å²) in [5.41, 5.74) is 11.9. The van der Waals surface area contributed by atoms with Crippen LogP contribution in [0.3, 0.4) is 0 Å². The lowest BCUT2D eigenvalue weighted by Crippen LogP contribution is -2.44. The zero-order valence-electron chi connectivity index (χ0n) is 23.3. The Morgan fingerprint density at radius 2 is 1.95 bits per heavy atom. The van der Waals surface area contributed by atoms with Crippen LogP contribution in [0.15, 0.2) is 42.5 Å². The highest BCUT2D eigenvalue weighted by atomic mass is 32.1. The van der Waals surface area contributed by atoms with Gasteiger partial charge < -0.3 is 31.4 Å². The molecule has 2 atom stereocenters. The number of aromatic nitrogens is 2. The third-order valence-corrected chi connectivity index (χ3v) is 8.94. The molecule has 1 aliphatic carbocycles. The largest absolute Gasteiger partial charge is 0.489 e. The van der Waals surface area contributed by atoms with Gasteiger partial charge in [-0.1, -0.05) is 41.2 Å². The van der Waals surface area contributed by atoms with Gasteiger partial charge in [-0.25, -0.2) is 9.97 Å². The second-order valence-corrected chi connectivity index (χ2v) is 12.3. The summed E-state index contributed by atoms with van der Waals surface area (Å²) in [6, 6.07) is 11.9. The van der Waals surface area contributed by atoms with Crippen molar-refractivity contribution in [2.75, 3.05) is 18.9 Å². The van der Waals surface area contributed by atoms with Crippen LogP contribution in [0.1, 0.15) is 46.9 Å². The molecule has 0 unspecified atom stereocenters. The molecule has 10 nitrogen and oxygen atoms in total. The summed E-state index contributed by atoms with van der Waals surface area (Å²) in [7, 11) is 0. The van der Waals surface area contributed by atoms with Crippen molar-refractivity contribution >= 4 is 38.5 Å². The number of carbonyl (C=O) groups excluding carboxylic acids is 2. The normalized spacial score (nSPS) is 19.1. The number of nitrogen functional groups attached to an aromatic ring is 1. The number of nitrogens with one attached hydrogen (secondary N) is 1. The summed E-state index contributed by atoms with van der Waals surface area (Å²) in [4.78, 5) is 34.8. The van der Waals surface area contributed by atoms with Crippen molar-refractivity contribution in [1.82, 2.24) is 15.3 Å². The summed E-state index contributed by atoms with van der Waals surface area (Å²) in [5, 5.41) is 15.0. The molecule has 2 aliphatic rings. The van der Waals surface area contributed by atoms with Crippen LogP contribution in [-0.4, -0.2) is 46.7 Å². The smallest absolute Gasteiger partial charge is 0.387 e. The maximum atomic E-state index is 13.3. The van der Waals surface area contributed by atoms with E-state index in [1.807, 2.05) is 31.2 Å². The molecule has 2 aromatic carbocycles. The van der Waals surface area contributed by atoms with Crippen LogP contribution in [0.25, 0.3) is 21.5 Å². The van der Waals surface area contributed by atoms with Gasteiger partial charge in [0.1, 0.15) is 34.6 Å². The molecule has 43 heavy (non-hydrogen) atoms. The first-order chi connectivity index (χ1) is 20.4. The third kappa shape index (κ3) is 5.12. The van der Waals surface area contributed by atoms with Crippen LogP contribution < -0.4 is 26.3 Å². The quantitative estimate of drug-likeness (QED) is 0.221. The lowest BCUT2D eigenvalue weighted by atomic mass is 9.81. The van der Waals surface area contributed by atoms with Crippen molar-refractivity contribution in [1.29, 1.82) is 0 Å². The molecule has 224 valence electrons. The van der Waals surface area contributed by atoms with Crippen molar-refractivity contribution < 1.29 is 33.0 Å². The van der Waals surface area contributed by atoms with Gasteiger partial charge in [-0.3, -0.25) is 9.59 Å². The molecular weight excluding hydrogens is 580 g/mol. The van der Waals surface area contributed by atoms with Gasteiger partial charge in [0.15, 0.2) is 10.9 Å². The Morgan fingerprint density at radius 1 is 1.23 bits per heavy atom. The molecule has 6 N–H and O–H groups in total. The molecule has 1 fully saturated rings. The fourth-order valence-corrected chi connectivity index (χ4v) is 6.16. The van der Waals surface area contributed by atoms with Gasteiger partial charge in [0, 0.05) is 16.7 Å². The summed E-state index contributed by atoms with van der Waals surface area (Å²) in [5.74, 6) is -1.30. The first-order valence-electron chi connectivity index (χ1n) is 13.6. The Bertz CT molecular complexity index is 1760. The van der Waals surface area contributed by atoms with E-state index in [2.05, 4.69) is 15.0 Å². The number of anilines is 1. The molecule has 2 aromatic heterocycles. The Hall–Kier alpha value is -4.36. The number of hydrogen-bond acceptors (Lipinski definition) is 9. The Labute approximate surface area is 249 Å². The minimum absolute atomic E-state index is 0.0217. The summed E-state index contributed by atoms with van der Waals surface area (Å²) < 4.78 is 37.2. The van der Waals surface area contributed by atoms with Gasteiger partial charge in [-0.15, -0.1) is 0 Å². The number of halogens is 2. The monoisotopic (exact) mass is 609 g/mol. The maximum Gasteiger partial charge on any atom is 0.387 e. The Kier molecular flexibility index (Phi) is 6.97. The molecule has 1 saturated carbocycles. The minimum Gasteiger partial charge on any atom is -0.489 e. The van der Waals surface area contributed by atoms with Crippen molar-refractivity contribution in [3.05, 3.63) is 64.8 Å². The van der Waals surface area contributed by atoms with E-state index >= 15 is 0 Å². The van der Waals surface area contributed by atoms with Crippen LogP contribution >= 0.6 is 11.3 Å². The van der Waals surface area contributed by atoms with Gasteiger partial charge in [0.05, 0.1) is 16.9 Å². The number of fused-ring (bicyclic) bond motifs is 2. The molecular formula is C30H29F2N5O5S. The van der Waals surface area contributed by atoms with E-state index in [4.69, 9.17) is 21.2 Å². The van der Waals surface area contributed by atoms with Crippen molar-refractivity contribution in [3.8, 4) is 22.8 Å². The number of amides is 2. The number of thiazole rings is 1. The molecule has 0 spiro atoms. The molecule has 13 heteroatoms. The van der Waals surface area contributed by atoms with Gasteiger partial charge in [0.25, 0.3) is 5.91 Å². The Morgan fingerprint density at radius 3 is 2.60 bits per heavy atom. The van der Waals surface area contributed by atoms with Crippen LogP contribution in [0.5, 0.6) is 11.5 Å². The fraction of sp³-hybridized carbons (Fsp3) is 0.333. The second kappa shape index (κ2) is 10.4. The predicted octanol–water partition coefficient (Wildman–Crippen LogP) is 4.01. The highest BCUT2D eigenvalue weighted by Gasteiger charge is 2.50. The minimum atomic E-state index is -3.13. The number of benzene rings is 2. The molecule has 0 bridgehead atoms. The summed E-state index contributed by atoms with van der Waals surface area (Å²) >= 11 is 1.03. The van der Waals surface area contributed by atoms with E-state index in [-0.39, 0.29) is 46.7 Å². The number of nitrogens with two attached hydrogens (primary N) is 2. The number of aliphatic hydroxyl groups is 1. The van der Waals surface area contributed by atoms with Gasteiger partial charge in [0.2, 0.25) is 5.91 Å². The maximum absolute atomic E-state index is 13.3. The molecule has 6 rings (SSSR count). The van der Waals surface area contributed by atoms with Gasteiger partial charge in [-0.05, 0) is 50.8 Å². The average Bonchev–Trinajstić information content (AvgIpc) is 3.67. The Balaban J connectivity index is 1.38. The third-order valence-electron chi connectivity index (χ3n) is 8.11. The van der Waals surface area contributed by atoms with Gasteiger partial charge >= 0.3 is 6.61 Å². The number of alkyl halides is 2. The van der Waals surface area contributed by atoms with Gasteiger partial charge in [-0.2, -0.15) is 8.78 Å². The SMILES string of the molecule is Cc1ccc(-c2nc([C@@](O)(CNC(=O)c3cc(OC(F)F)c4nc(N)sc4c3)C3CC3)cc3c2OC[C@]3(C)C(N)=O)cc1. The first-order valence-corrected chi connectivity index (χ1v) is 14.4. The second-order valence-electron chi connectivity index (χ2n) is 11.2. The number of rotatable bonds is 9. The van der Waals surface area contributed by atoms with Crippen molar-refractivity contribution in [2.45, 2.75) is 44.3 Å². The number of aryl methyl sites for hydroxylation is 1. The summed E-state index contributed by atoms with van der Waals surface area (Å²) in [6.45, 7) is 0.291. The topological polar surface area (TPSA) is 163 Å². The average molecular weight is 610 g/mol. The molecule has 3 heterocycles. The predicted molar refractivity (Wildman–Crippen MR) is 156 cm³/mol. The fourth-order valence-electron chi connectivity index (χ4n) is 5.37. The molecule has 0 saturated heterocycles. The lowest BCUT2D eigenvalue weighted by molar-refractivity contribution is -0.123. The first kappa shape index (κ1) is 28.7. The zero-order chi connectivity index (χ0) is 30.7. The van der Waals surface area contributed by atoms with Crippen LogP contribution in [-0.2, 0) is 15.8 Å². The van der Waals surface area contributed by atoms with E-state index in [1.165, 1.54) is 6.07 Å². The molecule has 0 radical (unpaired) electrons. The molecule has 1 aliphatic heterocycles. The highest BCUT2D eigenvalue weighted by molar-refractivity contribution is 7.22. The zero-order valence-corrected chi connectivity index (χ0v) is 24.1. The number of pyridine rings is 1. The lowest BCUT2D eigenvalue weighted by Gasteiger charge is -2.30. The van der Waals surface area contributed by atoms with E-state index in [9.17, 15) is 23.5 Å². The number of primary amides is 1. The number of carbonyl (C=O) groups is 2. The number of ether oxygens (including phenoxy) is 2. The number of hydrogen-bond donors (Lipinski definition) is 4. The molecule has 2 amide bonds. The van der Waals surface area contributed by atoms with E-state index in [0.29, 0.717) is 34.5 Å².